The van der Waals surface area contributed by atoms with E-state index in [-0.39, 0.29) is 0 Å². The molecule has 0 spiro atoms. The number of hydrogen-bond acceptors (Lipinski definition) is 6. The minimum atomic E-state index is -3.15. The van der Waals surface area contributed by atoms with Crippen molar-refractivity contribution in [1.82, 2.24) is 9.36 Å². The molecule has 1 aromatic heterocycles. The third-order valence-corrected chi connectivity index (χ3v) is 5.05. The summed E-state index contributed by atoms with van der Waals surface area (Å²) >= 11 is 1.30. The van der Waals surface area contributed by atoms with Crippen molar-refractivity contribution in [3.05, 3.63) is 60.2 Å². The Bertz CT molecular complexity index is 889. The summed E-state index contributed by atoms with van der Waals surface area (Å²) in [6, 6.07) is 16.6. The van der Waals surface area contributed by atoms with Crippen molar-refractivity contribution in [3.63, 3.8) is 0 Å². The van der Waals surface area contributed by atoms with Gasteiger partial charge in [0.1, 0.15) is 0 Å². The van der Waals surface area contributed by atoms with E-state index in [9.17, 15) is 8.42 Å². The molecule has 0 amide bonds. The van der Waals surface area contributed by atoms with Gasteiger partial charge in [0.15, 0.2) is 15.7 Å². The fourth-order valence-corrected chi connectivity index (χ4v) is 3.25. The molecule has 0 atom stereocenters. The summed E-state index contributed by atoms with van der Waals surface area (Å²) in [6.07, 6.45) is 1.20. The molecule has 0 saturated carbocycles. The van der Waals surface area contributed by atoms with Gasteiger partial charge in [0.2, 0.25) is 5.13 Å². The number of rotatable bonds is 5. The molecule has 1 heterocycles. The molecule has 1 N–H and O–H groups in total. The predicted octanol–water partition coefficient (Wildman–Crippen LogP) is 3.22. The van der Waals surface area contributed by atoms with Crippen molar-refractivity contribution < 1.29 is 8.42 Å². The minimum Gasteiger partial charge on any atom is -0.356 e. The Hall–Kier alpha value is -2.25. The Balaban J connectivity index is 1.66. The molecular formula is C16H15N3O2S2. The molecule has 118 valence electrons. The zero-order valence-electron chi connectivity index (χ0n) is 12.4. The molecule has 0 aliphatic rings. The van der Waals surface area contributed by atoms with Crippen LogP contribution in [0.15, 0.2) is 59.5 Å². The van der Waals surface area contributed by atoms with E-state index in [2.05, 4.69) is 14.7 Å². The highest BCUT2D eigenvalue weighted by Gasteiger charge is 2.08. The second-order valence-electron chi connectivity index (χ2n) is 5.06. The zero-order valence-corrected chi connectivity index (χ0v) is 14.1. The molecule has 0 radical (unpaired) electrons. The van der Waals surface area contributed by atoms with Crippen LogP contribution in [0.1, 0.15) is 5.56 Å². The van der Waals surface area contributed by atoms with Gasteiger partial charge in [-0.25, -0.2) is 8.42 Å². The van der Waals surface area contributed by atoms with Gasteiger partial charge in [0, 0.05) is 29.9 Å². The lowest BCUT2D eigenvalue weighted by Crippen LogP contribution is -2.01. The number of benzene rings is 2. The highest BCUT2D eigenvalue weighted by Crippen LogP contribution is 2.21. The molecule has 0 fully saturated rings. The number of hydrogen-bond donors (Lipinski definition) is 1. The summed E-state index contributed by atoms with van der Waals surface area (Å²) in [5, 5.41) is 3.94. The van der Waals surface area contributed by atoms with Gasteiger partial charge in [-0.05, 0) is 17.7 Å². The van der Waals surface area contributed by atoms with Crippen molar-refractivity contribution in [2.45, 2.75) is 11.4 Å². The van der Waals surface area contributed by atoms with E-state index in [0.717, 1.165) is 16.3 Å². The Morgan fingerprint density at radius 1 is 1.04 bits per heavy atom. The molecule has 5 nitrogen and oxygen atoms in total. The van der Waals surface area contributed by atoms with Crippen LogP contribution in [0, 0.1) is 0 Å². The first-order valence-corrected chi connectivity index (χ1v) is 9.61. The lowest BCUT2D eigenvalue weighted by atomic mass is 10.2. The van der Waals surface area contributed by atoms with E-state index < -0.39 is 9.84 Å². The molecule has 7 heteroatoms. The van der Waals surface area contributed by atoms with Gasteiger partial charge in [0.25, 0.3) is 0 Å². The van der Waals surface area contributed by atoms with Crippen LogP contribution in [0.5, 0.6) is 0 Å². The van der Waals surface area contributed by atoms with E-state index in [4.69, 9.17) is 0 Å². The van der Waals surface area contributed by atoms with Crippen LogP contribution in [-0.4, -0.2) is 24.0 Å². The summed E-state index contributed by atoms with van der Waals surface area (Å²) in [5.41, 5.74) is 1.96. The average molecular weight is 345 g/mol. The molecule has 3 aromatic rings. The van der Waals surface area contributed by atoms with Crippen LogP contribution in [0.3, 0.4) is 0 Å². The predicted molar refractivity (Wildman–Crippen MR) is 92.2 cm³/mol. The summed E-state index contributed by atoms with van der Waals surface area (Å²) in [4.78, 5) is 4.78. The third-order valence-electron chi connectivity index (χ3n) is 3.25. The number of nitrogens with one attached hydrogen (secondary N) is 1. The first kappa shape index (κ1) is 15.6. The van der Waals surface area contributed by atoms with Gasteiger partial charge in [-0.1, -0.05) is 42.5 Å². The largest absolute Gasteiger partial charge is 0.356 e. The zero-order chi connectivity index (χ0) is 16.3. The summed E-state index contributed by atoms with van der Waals surface area (Å²) < 4.78 is 27.2. The van der Waals surface area contributed by atoms with Gasteiger partial charge in [-0.3, -0.25) is 0 Å². The summed E-state index contributed by atoms with van der Waals surface area (Å²) in [7, 11) is -3.15. The Morgan fingerprint density at radius 2 is 1.74 bits per heavy atom. The molecular weight excluding hydrogens is 330 g/mol. The minimum absolute atomic E-state index is 0.323. The third kappa shape index (κ3) is 3.94. The van der Waals surface area contributed by atoms with Crippen molar-refractivity contribution >= 4 is 26.5 Å². The molecule has 0 saturated heterocycles. The first-order chi connectivity index (χ1) is 11.0. The maximum absolute atomic E-state index is 11.4. The van der Waals surface area contributed by atoms with E-state index in [1.165, 1.54) is 17.8 Å². The van der Waals surface area contributed by atoms with Crippen LogP contribution in [-0.2, 0) is 16.4 Å². The number of anilines is 1. The first-order valence-electron chi connectivity index (χ1n) is 6.94. The average Bonchev–Trinajstić information content (AvgIpc) is 3.02. The molecule has 0 unspecified atom stereocenters. The lowest BCUT2D eigenvalue weighted by Gasteiger charge is -2.03. The van der Waals surface area contributed by atoms with E-state index >= 15 is 0 Å². The van der Waals surface area contributed by atoms with Crippen molar-refractivity contribution in [2.24, 2.45) is 0 Å². The standard InChI is InChI=1S/C16H15N3O2S2/c1-23(20,21)14-9-7-12(8-10-14)11-17-16-18-15(19-22-16)13-5-3-2-4-6-13/h2-10H,11H2,1H3,(H,17,18,19). The van der Waals surface area contributed by atoms with Gasteiger partial charge >= 0.3 is 0 Å². The van der Waals surface area contributed by atoms with Crippen molar-refractivity contribution in [1.29, 1.82) is 0 Å². The topological polar surface area (TPSA) is 72.0 Å². The molecule has 0 aliphatic heterocycles. The molecule has 2 aromatic carbocycles. The Morgan fingerprint density at radius 3 is 2.39 bits per heavy atom. The van der Waals surface area contributed by atoms with Crippen LogP contribution >= 0.6 is 11.5 Å². The molecule has 23 heavy (non-hydrogen) atoms. The van der Waals surface area contributed by atoms with Crippen molar-refractivity contribution in [2.75, 3.05) is 11.6 Å². The van der Waals surface area contributed by atoms with Crippen LogP contribution < -0.4 is 5.32 Å². The fourth-order valence-electron chi connectivity index (χ4n) is 2.03. The second-order valence-corrected chi connectivity index (χ2v) is 7.83. The highest BCUT2D eigenvalue weighted by molar-refractivity contribution is 7.90. The quantitative estimate of drug-likeness (QED) is 0.769. The van der Waals surface area contributed by atoms with Gasteiger partial charge < -0.3 is 5.32 Å². The number of sulfone groups is 1. The molecule has 0 aliphatic carbocycles. The maximum Gasteiger partial charge on any atom is 0.203 e. The van der Waals surface area contributed by atoms with E-state index in [0.29, 0.717) is 17.3 Å². The smallest absolute Gasteiger partial charge is 0.203 e. The number of nitrogens with zero attached hydrogens (tertiary/aromatic N) is 2. The lowest BCUT2D eigenvalue weighted by molar-refractivity contribution is 0.602. The maximum atomic E-state index is 11.4. The second kappa shape index (κ2) is 6.47. The highest BCUT2D eigenvalue weighted by atomic mass is 32.2. The Labute approximate surface area is 139 Å². The van der Waals surface area contributed by atoms with Gasteiger partial charge in [-0.2, -0.15) is 9.36 Å². The van der Waals surface area contributed by atoms with E-state index in [1.54, 1.807) is 24.3 Å². The SMILES string of the molecule is CS(=O)(=O)c1ccc(CNc2nc(-c3ccccc3)ns2)cc1. The Kier molecular flexibility index (Phi) is 4.40. The van der Waals surface area contributed by atoms with Crippen LogP contribution in [0.2, 0.25) is 0 Å². The van der Waals surface area contributed by atoms with Crippen LogP contribution in [0.4, 0.5) is 5.13 Å². The van der Waals surface area contributed by atoms with E-state index in [1.807, 2.05) is 30.3 Å². The summed E-state index contributed by atoms with van der Waals surface area (Å²) in [5.74, 6) is 0.700. The van der Waals surface area contributed by atoms with Gasteiger partial charge in [0.05, 0.1) is 4.90 Å². The molecule has 3 rings (SSSR count). The fraction of sp³-hybridized carbons (Fsp3) is 0.125. The van der Waals surface area contributed by atoms with Crippen molar-refractivity contribution in [3.8, 4) is 11.4 Å². The summed E-state index contributed by atoms with van der Waals surface area (Å²) in [6.45, 7) is 0.563. The van der Waals surface area contributed by atoms with Gasteiger partial charge in [-0.15, -0.1) is 0 Å². The monoisotopic (exact) mass is 345 g/mol. The van der Waals surface area contributed by atoms with Crippen LogP contribution in [0.25, 0.3) is 11.4 Å². The normalized spacial score (nSPS) is 11.3. The molecule has 0 bridgehead atoms. The number of aromatic nitrogens is 2.